The van der Waals surface area contributed by atoms with Crippen molar-refractivity contribution in [2.75, 3.05) is 14.2 Å². The maximum atomic E-state index is 14.2. The van der Waals surface area contributed by atoms with Crippen molar-refractivity contribution < 1.29 is 13.9 Å². The minimum atomic E-state index is -0.580. The lowest BCUT2D eigenvalue weighted by Gasteiger charge is -2.19. The summed E-state index contributed by atoms with van der Waals surface area (Å²) in [4.78, 5) is 0. The van der Waals surface area contributed by atoms with E-state index in [9.17, 15) is 4.39 Å². The van der Waals surface area contributed by atoms with Crippen molar-refractivity contribution in [3.63, 3.8) is 0 Å². The van der Waals surface area contributed by atoms with Gasteiger partial charge in [0.05, 0.1) is 26.5 Å². The summed E-state index contributed by atoms with van der Waals surface area (Å²) in [5.41, 5.74) is 3.62. The Balaban J connectivity index is 2.49. The van der Waals surface area contributed by atoms with Gasteiger partial charge in [-0.05, 0) is 6.07 Å². The topological polar surface area (TPSA) is 74.3 Å². The van der Waals surface area contributed by atoms with Crippen molar-refractivity contribution in [2.45, 2.75) is 6.04 Å². The monoisotopic (exact) mass is 280 g/mol. The second-order valence-electron chi connectivity index (χ2n) is 4.21. The predicted molar refractivity (Wildman–Crippen MR) is 71.9 cm³/mol. The van der Waals surface area contributed by atoms with Gasteiger partial charge in [0.2, 0.25) is 0 Å². The lowest BCUT2D eigenvalue weighted by molar-refractivity contribution is 0.398. The molecule has 1 atom stereocenters. The van der Waals surface area contributed by atoms with E-state index < -0.39 is 11.9 Å². The van der Waals surface area contributed by atoms with E-state index in [1.54, 1.807) is 30.1 Å². The molecule has 6 nitrogen and oxygen atoms in total. The summed E-state index contributed by atoms with van der Waals surface area (Å²) in [6.07, 6.45) is 1.56. The number of ether oxygens (including phenoxy) is 2. The van der Waals surface area contributed by atoms with E-state index in [1.165, 1.54) is 20.3 Å². The quantitative estimate of drug-likeness (QED) is 0.634. The first-order valence-electron chi connectivity index (χ1n) is 5.97. The third-order valence-corrected chi connectivity index (χ3v) is 3.13. The van der Waals surface area contributed by atoms with E-state index in [-0.39, 0.29) is 0 Å². The van der Waals surface area contributed by atoms with Crippen LogP contribution in [0, 0.1) is 5.82 Å². The fourth-order valence-electron chi connectivity index (χ4n) is 2.10. The van der Waals surface area contributed by atoms with E-state index in [0.29, 0.717) is 22.8 Å². The van der Waals surface area contributed by atoms with Crippen LogP contribution in [0.4, 0.5) is 4.39 Å². The van der Waals surface area contributed by atoms with Gasteiger partial charge in [0.1, 0.15) is 17.3 Å². The third kappa shape index (κ3) is 2.45. The first-order valence-corrected chi connectivity index (χ1v) is 5.97. The first kappa shape index (κ1) is 14.3. The number of aromatic nitrogens is 2. The molecule has 0 saturated carbocycles. The van der Waals surface area contributed by atoms with Gasteiger partial charge in [-0.1, -0.05) is 6.07 Å². The summed E-state index contributed by atoms with van der Waals surface area (Å²) in [7, 11) is 4.75. The lowest BCUT2D eigenvalue weighted by atomic mass is 10.0. The second-order valence-corrected chi connectivity index (χ2v) is 4.21. The summed E-state index contributed by atoms with van der Waals surface area (Å²) >= 11 is 0. The Kier molecular flexibility index (Phi) is 4.21. The molecule has 0 saturated heterocycles. The van der Waals surface area contributed by atoms with Crippen molar-refractivity contribution in [3.05, 3.63) is 41.5 Å². The van der Waals surface area contributed by atoms with Gasteiger partial charge < -0.3 is 9.47 Å². The number of benzene rings is 1. The molecule has 0 amide bonds. The number of hydrazine groups is 1. The number of rotatable bonds is 5. The highest BCUT2D eigenvalue weighted by Crippen LogP contribution is 2.31. The van der Waals surface area contributed by atoms with Crippen LogP contribution in [-0.4, -0.2) is 24.0 Å². The number of hydrogen-bond acceptors (Lipinski definition) is 5. The second kappa shape index (κ2) is 5.89. The fourth-order valence-corrected chi connectivity index (χ4v) is 2.10. The van der Waals surface area contributed by atoms with Crippen molar-refractivity contribution in [2.24, 2.45) is 12.9 Å². The molecule has 0 aliphatic rings. The molecule has 0 aliphatic heterocycles. The Morgan fingerprint density at radius 2 is 2.10 bits per heavy atom. The van der Waals surface area contributed by atoms with Crippen LogP contribution in [0.25, 0.3) is 0 Å². The van der Waals surface area contributed by atoms with Gasteiger partial charge in [-0.15, -0.1) is 0 Å². The first-order chi connectivity index (χ1) is 9.62. The van der Waals surface area contributed by atoms with Crippen LogP contribution in [0.2, 0.25) is 0 Å². The molecule has 3 N–H and O–H groups in total. The van der Waals surface area contributed by atoms with Crippen molar-refractivity contribution >= 4 is 0 Å². The Labute approximate surface area is 116 Å². The normalized spacial score (nSPS) is 12.2. The molecule has 1 unspecified atom stereocenters. The zero-order valence-corrected chi connectivity index (χ0v) is 11.6. The molecule has 1 heterocycles. The number of hydrogen-bond donors (Lipinski definition) is 2. The molecule has 0 aliphatic carbocycles. The van der Waals surface area contributed by atoms with Gasteiger partial charge in [-0.25, -0.2) is 9.82 Å². The van der Waals surface area contributed by atoms with Crippen LogP contribution < -0.4 is 20.7 Å². The Bertz CT molecular complexity index is 600. The van der Waals surface area contributed by atoms with Gasteiger partial charge in [0, 0.05) is 18.7 Å². The number of nitrogens with zero attached hydrogens (tertiary/aromatic N) is 2. The summed E-state index contributed by atoms with van der Waals surface area (Å²) in [5, 5.41) is 4.09. The van der Waals surface area contributed by atoms with Gasteiger partial charge in [-0.2, -0.15) is 5.10 Å². The van der Waals surface area contributed by atoms with E-state index in [2.05, 4.69) is 10.5 Å². The van der Waals surface area contributed by atoms with Crippen molar-refractivity contribution in [1.29, 1.82) is 0 Å². The molecule has 7 heteroatoms. The maximum absolute atomic E-state index is 14.2. The molecule has 0 radical (unpaired) electrons. The van der Waals surface area contributed by atoms with Crippen molar-refractivity contribution in [1.82, 2.24) is 15.2 Å². The molecule has 0 fully saturated rings. The minimum absolute atomic E-state index is 0.384. The average Bonchev–Trinajstić information content (AvgIpc) is 2.82. The Hall–Kier alpha value is -2.12. The van der Waals surface area contributed by atoms with Gasteiger partial charge in [-0.3, -0.25) is 10.5 Å². The minimum Gasteiger partial charge on any atom is -0.497 e. The summed E-state index contributed by atoms with van der Waals surface area (Å²) in [6, 6.07) is 4.02. The lowest BCUT2D eigenvalue weighted by Crippen LogP contribution is -2.31. The fraction of sp³-hybridized carbons (Fsp3) is 0.308. The average molecular weight is 280 g/mol. The largest absolute Gasteiger partial charge is 0.497 e. The highest BCUT2D eigenvalue weighted by Gasteiger charge is 2.24. The van der Waals surface area contributed by atoms with Crippen LogP contribution >= 0.6 is 0 Å². The Morgan fingerprint density at radius 3 is 2.65 bits per heavy atom. The maximum Gasteiger partial charge on any atom is 0.161 e. The van der Waals surface area contributed by atoms with E-state index in [1.807, 2.05) is 0 Å². The smallest absolute Gasteiger partial charge is 0.161 e. The number of halogens is 1. The van der Waals surface area contributed by atoms with Gasteiger partial charge in [0.25, 0.3) is 0 Å². The predicted octanol–water partition coefficient (Wildman–Crippen LogP) is 1.13. The van der Waals surface area contributed by atoms with Crippen LogP contribution in [0.15, 0.2) is 24.4 Å². The highest BCUT2D eigenvalue weighted by atomic mass is 19.1. The summed E-state index contributed by atoms with van der Waals surface area (Å²) in [6.45, 7) is 0. The molecule has 108 valence electrons. The van der Waals surface area contributed by atoms with E-state index in [0.717, 1.165) is 0 Å². The standard InChI is InChI=1S/C13H17FN4O2/c1-18-13(11(20-3)7-16-18)12(17-15)9-5-4-8(19-2)6-10(9)14/h4-7,12,17H,15H2,1-3H3. The molecular formula is C13H17FN4O2. The molecule has 2 rings (SSSR count). The van der Waals surface area contributed by atoms with Gasteiger partial charge in [0.15, 0.2) is 5.75 Å². The molecule has 2 aromatic rings. The third-order valence-electron chi connectivity index (χ3n) is 3.13. The molecule has 0 bridgehead atoms. The number of nitrogens with one attached hydrogen (secondary N) is 1. The number of nitrogens with two attached hydrogens (primary N) is 1. The highest BCUT2D eigenvalue weighted by molar-refractivity contribution is 5.39. The number of methoxy groups -OCH3 is 2. The molecule has 1 aromatic carbocycles. The number of aryl methyl sites for hydroxylation is 1. The molecule has 20 heavy (non-hydrogen) atoms. The molecular weight excluding hydrogens is 263 g/mol. The summed E-state index contributed by atoms with van der Waals surface area (Å²) in [5.74, 6) is 6.14. The zero-order valence-electron chi connectivity index (χ0n) is 11.6. The Morgan fingerprint density at radius 1 is 1.35 bits per heavy atom. The van der Waals surface area contributed by atoms with Crippen LogP contribution in [0.1, 0.15) is 17.3 Å². The van der Waals surface area contributed by atoms with Crippen molar-refractivity contribution in [3.8, 4) is 11.5 Å². The van der Waals surface area contributed by atoms with Crippen LogP contribution in [0.5, 0.6) is 11.5 Å². The van der Waals surface area contributed by atoms with Crippen LogP contribution in [-0.2, 0) is 7.05 Å². The zero-order chi connectivity index (χ0) is 14.7. The van der Waals surface area contributed by atoms with Gasteiger partial charge >= 0.3 is 0 Å². The molecule has 1 aromatic heterocycles. The summed E-state index contributed by atoms with van der Waals surface area (Å²) < 4.78 is 26.0. The molecule has 0 spiro atoms. The van der Waals surface area contributed by atoms with E-state index >= 15 is 0 Å². The van der Waals surface area contributed by atoms with Crippen LogP contribution in [0.3, 0.4) is 0 Å². The SMILES string of the molecule is COc1ccc(C(NN)c2c(OC)cnn2C)c(F)c1. The van der Waals surface area contributed by atoms with E-state index in [4.69, 9.17) is 15.3 Å².